The first-order valence-corrected chi connectivity index (χ1v) is 4.76. The predicted molar refractivity (Wildman–Crippen MR) is 56.0 cm³/mol. The van der Waals surface area contributed by atoms with Crippen molar-refractivity contribution in [1.82, 2.24) is 4.98 Å². The molecule has 0 aliphatic rings. The van der Waals surface area contributed by atoms with Crippen molar-refractivity contribution in [3.05, 3.63) is 40.5 Å². The molecule has 0 amide bonds. The maximum atomic E-state index is 10.2. The first-order chi connectivity index (χ1) is 7.38. The van der Waals surface area contributed by atoms with Crippen LogP contribution in [0.5, 0.6) is 0 Å². The molecule has 0 fully saturated rings. The standard InChI is InChI=1S/C10H12N4O/c11-14-13-10(5-1-2-7-15)9-4-3-6-12-8-9/h3-4,6-8,10H,1-2,5H2. The van der Waals surface area contributed by atoms with Crippen molar-refractivity contribution in [1.29, 1.82) is 0 Å². The highest BCUT2D eigenvalue weighted by molar-refractivity contribution is 5.49. The van der Waals surface area contributed by atoms with Gasteiger partial charge in [0.15, 0.2) is 0 Å². The molecule has 0 aliphatic carbocycles. The van der Waals surface area contributed by atoms with Crippen LogP contribution in [-0.2, 0) is 4.79 Å². The van der Waals surface area contributed by atoms with Crippen molar-refractivity contribution < 1.29 is 4.79 Å². The minimum atomic E-state index is -0.219. The van der Waals surface area contributed by atoms with Crippen LogP contribution in [0.2, 0.25) is 0 Å². The molecule has 0 aliphatic heterocycles. The second kappa shape index (κ2) is 6.56. The van der Waals surface area contributed by atoms with E-state index in [9.17, 15) is 4.79 Å². The third-order valence-electron chi connectivity index (χ3n) is 2.06. The third-order valence-corrected chi connectivity index (χ3v) is 2.06. The zero-order valence-corrected chi connectivity index (χ0v) is 8.28. The van der Waals surface area contributed by atoms with Crippen LogP contribution in [0.3, 0.4) is 0 Å². The van der Waals surface area contributed by atoms with Crippen molar-refractivity contribution in [2.75, 3.05) is 0 Å². The summed E-state index contributed by atoms with van der Waals surface area (Å²) in [4.78, 5) is 16.9. The molecule has 1 unspecified atom stereocenters. The van der Waals surface area contributed by atoms with Gasteiger partial charge in [0.05, 0.1) is 6.04 Å². The molecule has 0 radical (unpaired) electrons. The van der Waals surface area contributed by atoms with E-state index in [1.807, 2.05) is 6.07 Å². The molecule has 0 spiro atoms. The maximum absolute atomic E-state index is 10.2. The van der Waals surface area contributed by atoms with Gasteiger partial charge in [0, 0.05) is 23.7 Å². The van der Waals surface area contributed by atoms with E-state index in [0.29, 0.717) is 12.8 Å². The van der Waals surface area contributed by atoms with E-state index in [2.05, 4.69) is 15.0 Å². The number of hydrogen-bond acceptors (Lipinski definition) is 3. The highest BCUT2D eigenvalue weighted by atomic mass is 16.1. The van der Waals surface area contributed by atoms with Gasteiger partial charge in [-0.15, -0.1) is 0 Å². The zero-order valence-electron chi connectivity index (χ0n) is 8.28. The number of carbonyl (C=O) groups excluding carboxylic acids is 1. The average molecular weight is 204 g/mol. The molecule has 0 aromatic carbocycles. The first-order valence-electron chi connectivity index (χ1n) is 4.76. The van der Waals surface area contributed by atoms with Gasteiger partial charge in [-0.1, -0.05) is 11.2 Å². The SMILES string of the molecule is [N-]=[N+]=NC(CCCC=O)c1cccnc1. The Morgan fingerprint density at radius 3 is 3.13 bits per heavy atom. The second-order valence-corrected chi connectivity index (χ2v) is 3.10. The molecule has 1 rings (SSSR count). The van der Waals surface area contributed by atoms with Crippen LogP contribution in [0.25, 0.3) is 10.4 Å². The molecule has 15 heavy (non-hydrogen) atoms. The normalized spacial score (nSPS) is 11.5. The molecule has 1 aromatic heterocycles. The zero-order chi connectivity index (χ0) is 10.9. The lowest BCUT2D eigenvalue weighted by atomic mass is 10.0. The van der Waals surface area contributed by atoms with Crippen molar-refractivity contribution in [2.24, 2.45) is 5.11 Å². The van der Waals surface area contributed by atoms with Gasteiger partial charge in [-0.05, 0) is 30.0 Å². The van der Waals surface area contributed by atoms with E-state index in [0.717, 1.165) is 18.3 Å². The van der Waals surface area contributed by atoms with Crippen molar-refractivity contribution >= 4 is 6.29 Å². The summed E-state index contributed by atoms with van der Waals surface area (Å²) >= 11 is 0. The summed E-state index contributed by atoms with van der Waals surface area (Å²) in [6, 6.07) is 3.45. The smallest absolute Gasteiger partial charge is 0.119 e. The molecule has 0 saturated carbocycles. The third kappa shape index (κ3) is 3.79. The Labute approximate surface area is 87.8 Å². The number of nitrogens with zero attached hydrogens (tertiary/aromatic N) is 4. The fourth-order valence-corrected chi connectivity index (χ4v) is 1.32. The molecule has 1 atom stereocenters. The summed E-state index contributed by atoms with van der Waals surface area (Å²) < 4.78 is 0. The van der Waals surface area contributed by atoms with Crippen LogP contribution in [0.15, 0.2) is 29.6 Å². The number of carbonyl (C=O) groups is 1. The summed E-state index contributed by atoms with van der Waals surface area (Å²) in [5.74, 6) is 0. The van der Waals surface area contributed by atoms with Gasteiger partial charge < -0.3 is 4.79 Å². The Balaban J connectivity index is 2.66. The highest BCUT2D eigenvalue weighted by Crippen LogP contribution is 2.22. The van der Waals surface area contributed by atoms with Crippen LogP contribution in [0.4, 0.5) is 0 Å². The van der Waals surface area contributed by atoms with E-state index in [1.165, 1.54) is 0 Å². The lowest BCUT2D eigenvalue weighted by Crippen LogP contribution is -1.95. The monoisotopic (exact) mass is 204 g/mol. The van der Waals surface area contributed by atoms with Crippen LogP contribution in [-0.4, -0.2) is 11.3 Å². The lowest BCUT2D eigenvalue weighted by molar-refractivity contribution is -0.107. The summed E-state index contributed by atoms with van der Waals surface area (Å²) in [7, 11) is 0. The van der Waals surface area contributed by atoms with Crippen LogP contribution >= 0.6 is 0 Å². The van der Waals surface area contributed by atoms with Crippen LogP contribution < -0.4 is 0 Å². The fourth-order valence-electron chi connectivity index (χ4n) is 1.32. The van der Waals surface area contributed by atoms with Gasteiger partial charge in [0.25, 0.3) is 0 Å². The number of unbranched alkanes of at least 4 members (excludes halogenated alkanes) is 1. The molecule has 5 heteroatoms. The molecule has 0 saturated heterocycles. The maximum Gasteiger partial charge on any atom is 0.119 e. The van der Waals surface area contributed by atoms with Gasteiger partial charge in [0.1, 0.15) is 6.29 Å². The van der Waals surface area contributed by atoms with Crippen molar-refractivity contribution in [2.45, 2.75) is 25.3 Å². The molecule has 1 heterocycles. The van der Waals surface area contributed by atoms with E-state index < -0.39 is 0 Å². The highest BCUT2D eigenvalue weighted by Gasteiger charge is 2.08. The number of azide groups is 1. The number of aromatic nitrogens is 1. The minimum absolute atomic E-state index is 0.219. The Morgan fingerprint density at radius 2 is 2.53 bits per heavy atom. The molecular weight excluding hydrogens is 192 g/mol. The number of pyridine rings is 1. The van der Waals surface area contributed by atoms with E-state index in [1.54, 1.807) is 18.5 Å². The summed E-state index contributed by atoms with van der Waals surface area (Å²) in [6.07, 6.45) is 6.12. The number of rotatable bonds is 6. The Kier molecular flexibility index (Phi) is 4.90. The number of aldehydes is 1. The quantitative estimate of drug-likeness (QED) is 0.235. The number of hydrogen-bond donors (Lipinski definition) is 0. The average Bonchev–Trinajstić information content (AvgIpc) is 2.29. The molecule has 5 nitrogen and oxygen atoms in total. The lowest BCUT2D eigenvalue weighted by Gasteiger charge is -2.09. The summed E-state index contributed by atoms with van der Waals surface area (Å²) in [6.45, 7) is 0. The minimum Gasteiger partial charge on any atom is -0.303 e. The van der Waals surface area contributed by atoms with Gasteiger partial charge in [0.2, 0.25) is 0 Å². The van der Waals surface area contributed by atoms with Gasteiger partial charge in [-0.25, -0.2) is 0 Å². The van der Waals surface area contributed by atoms with Crippen LogP contribution in [0.1, 0.15) is 30.9 Å². The largest absolute Gasteiger partial charge is 0.303 e. The van der Waals surface area contributed by atoms with Crippen LogP contribution in [0, 0.1) is 0 Å². The molecular formula is C10H12N4O. The Hall–Kier alpha value is -1.87. The summed E-state index contributed by atoms with van der Waals surface area (Å²) in [5.41, 5.74) is 9.31. The Bertz CT molecular complexity index is 346. The van der Waals surface area contributed by atoms with E-state index in [4.69, 9.17) is 5.53 Å². The summed E-state index contributed by atoms with van der Waals surface area (Å²) in [5, 5.41) is 3.69. The Morgan fingerprint density at radius 1 is 1.67 bits per heavy atom. The predicted octanol–water partition coefficient (Wildman–Crippen LogP) is 2.80. The van der Waals surface area contributed by atoms with Crippen molar-refractivity contribution in [3.63, 3.8) is 0 Å². The molecule has 1 aromatic rings. The molecule has 78 valence electrons. The first kappa shape index (κ1) is 11.2. The van der Waals surface area contributed by atoms with Gasteiger partial charge in [-0.3, -0.25) is 4.98 Å². The topological polar surface area (TPSA) is 78.7 Å². The van der Waals surface area contributed by atoms with Gasteiger partial charge >= 0.3 is 0 Å². The fraction of sp³-hybridized carbons (Fsp3) is 0.400. The van der Waals surface area contributed by atoms with E-state index in [-0.39, 0.29) is 6.04 Å². The molecule has 0 N–H and O–H groups in total. The molecule has 0 bridgehead atoms. The van der Waals surface area contributed by atoms with Crippen molar-refractivity contribution in [3.8, 4) is 0 Å². The second-order valence-electron chi connectivity index (χ2n) is 3.10. The van der Waals surface area contributed by atoms with Gasteiger partial charge in [-0.2, -0.15) is 0 Å². The van der Waals surface area contributed by atoms with E-state index >= 15 is 0 Å².